The largest absolute Gasteiger partial charge is 0.336 e. The average Bonchev–Trinajstić information content (AvgIpc) is 3.39. The highest BCUT2D eigenvalue weighted by Gasteiger charge is 2.33. The molecular formula is C27H31N5O2. The van der Waals surface area contributed by atoms with E-state index < -0.39 is 0 Å². The van der Waals surface area contributed by atoms with Crippen LogP contribution in [-0.4, -0.2) is 50.8 Å². The van der Waals surface area contributed by atoms with Gasteiger partial charge in [0.1, 0.15) is 0 Å². The van der Waals surface area contributed by atoms with Gasteiger partial charge in [0.15, 0.2) is 0 Å². The van der Waals surface area contributed by atoms with Crippen molar-refractivity contribution in [1.29, 1.82) is 0 Å². The van der Waals surface area contributed by atoms with Crippen LogP contribution in [0.4, 0.5) is 5.69 Å². The molecule has 3 aromatic rings. The second-order valence-corrected chi connectivity index (χ2v) is 9.57. The minimum absolute atomic E-state index is 0.0241. The standard InChI is InChI=1S/C27H31N5O2/c1-19-9-12-25(32-28-13-14-29-32)23(16-19)27(34)31-18-21(11-10-20(31)2)17-26(33)30-15-5-7-22-6-3-4-8-24(22)30/h3-4,6,8-9,12-14,16,20-21H,5,7,10-11,15,17-18H2,1-2H3/t20-,21-/m1/s1. The third-order valence-electron chi connectivity index (χ3n) is 7.13. The van der Waals surface area contributed by atoms with Crippen molar-refractivity contribution in [2.45, 2.75) is 52.0 Å². The van der Waals surface area contributed by atoms with E-state index in [1.807, 2.05) is 53.1 Å². The molecule has 2 aliphatic rings. The molecule has 1 saturated heterocycles. The SMILES string of the molecule is Cc1ccc(-n2nccn2)c(C(=O)N2C[C@@H](CC(=O)N3CCCc4ccccc43)CC[C@H]2C)c1. The highest BCUT2D eigenvalue weighted by atomic mass is 16.2. The minimum Gasteiger partial charge on any atom is -0.336 e. The first-order valence-corrected chi connectivity index (χ1v) is 12.2. The summed E-state index contributed by atoms with van der Waals surface area (Å²) in [4.78, 5) is 32.4. The zero-order valence-electron chi connectivity index (χ0n) is 19.9. The van der Waals surface area contributed by atoms with Crippen LogP contribution in [0.2, 0.25) is 0 Å². The Balaban J connectivity index is 1.34. The van der Waals surface area contributed by atoms with Gasteiger partial charge in [-0.05, 0) is 69.2 Å². The lowest BCUT2D eigenvalue weighted by molar-refractivity contribution is -0.120. The van der Waals surface area contributed by atoms with Crippen LogP contribution in [-0.2, 0) is 11.2 Å². The number of aryl methyl sites for hydroxylation is 2. The number of nitrogens with zero attached hydrogens (tertiary/aromatic N) is 5. The molecule has 0 bridgehead atoms. The van der Waals surface area contributed by atoms with Gasteiger partial charge in [-0.25, -0.2) is 0 Å². The van der Waals surface area contributed by atoms with Crippen LogP contribution in [0.1, 0.15) is 54.1 Å². The van der Waals surface area contributed by atoms with Crippen LogP contribution in [0.25, 0.3) is 5.69 Å². The molecule has 2 aliphatic heterocycles. The van der Waals surface area contributed by atoms with Gasteiger partial charge in [0.25, 0.3) is 5.91 Å². The number of carbonyl (C=O) groups is 2. The van der Waals surface area contributed by atoms with Gasteiger partial charge in [-0.1, -0.05) is 29.8 Å². The Morgan fingerprint density at radius 3 is 2.65 bits per heavy atom. The summed E-state index contributed by atoms with van der Waals surface area (Å²) in [6, 6.07) is 14.1. The second-order valence-electron chi connectivity index (χ2n) is 9.57. The van der Waals surface area contributed by atoms with Gasteiger partial charge in [-0.3, -0.25) is 9.59 Å². The van der Waals surface area contributed by atoms with Crippen molar-refractivity contribution >= 4 is 17.5 Å². The first-order valence-electron chi connectivity index (χ1n) is 12.2. The number of rotatable bonds is 4. The summed E-state index contributed by atoms with van der Waals surface area (Å²) in [7, 11) is 0. The maximum Gasteiger partial charge on any atom is 0.256 e. The number of benzene rings is 2. The highest BCUT2D eigenvalue weighted by molar-refractivity contribution is 5.98. The van der Waals surface area contributed by atoms with Crippen molar-refractivity contribution in [1.82, 2.24) is 19.9 Å². The molecule has 7 nitrogen and oxygen atoms in total. The van der Waals surface area contributed by atoms with E-state index in [1.54, 1.807) is 12.4 Å². The average molecular weight is 458 g/mol. The maximum atomic E-state index is 13.7. The van der Waals surface area contributed by atoms with E-state index in [0.717, 1.165) is 43.5 Å². The first kappa shape index (κ1) is 22.3. The van der Waals surface area contributed by atoms with Crippen molar-refractivity contribution in [3.8, 4) is 5.69 Å². The molecule has 2 amide bonds. The van der Waals surface area contributed by atoms with Gasteiger partial charge in [0.2, 0.25) is 5.91 Å². The van der Waals surface area contributed by atoms with Crippen molar-refractivity contribution in [2.24, 2.45) is 5.92 Å². The molecule has 0 saturated carbocycles. The summed E-state index contributed by atoms with van der Waals surface area (Å²) in [5.41, 5.74) is 4.58. The lowest BCUT2D eigenvalue weighted by atomic mass is 9.89. The lowest BCUT2D eigenvalue weighted by Gasteiger charge is -2.39. The Hall–Kier alpha value is -3.48. The molecule has 0 aliphatic carbocycles. The van der Waals surface area contributed by atoms with E-state index in [0.29, 0.717) is 24.2 Å². The number of anilines is 1. The third-order valence-corrected chi connectivity index (χ3v) is 7.13. The molecule has 0 N–H and O–H groups in total. The summed E-state index contributed by atoms with van der Waals surface area (Å²) >= 11 is 0. The van der Waals surface area contributed by atoms with Crippen LogP contribution in [0.3, 0.4) is 0 Å². The molecule has 1 aromatic heterocycles. The smallest absolute Gasteiger partial charge is 0.256 e. The van der Waals surface area contributed by atoms with E-state index in [-0.39, 0.29) is 23.8 Å². The number of para-hydroxylation sites is 1. The first-order chi connectivity index (χ1) is 16.5. The Kier molecular flexibility index (Phi) is 6.18. The van der Waals surface area contributed by atoms with Crippen molar-refractivity contribution in [3.63, 3.8) is 0 Å². The molecule has 7 heteroatoms. The van der Waals surface area contributed by atoms with E-state index in [4.69, 9.17) is 0 Å². The van der Waals surface area contributed by atoms with Crippen LogP contribution in [0.15, 0.2) is 54.9 Å². The van der Waals surface area contributed by atoms with E-state index in [9.17, 15) is 9.59 Å². The van der Waals surface area contributed by atoms with Gasteiger partial charge in [0, 0.05) is 31.2 Å². The van der Waals surface area contributed by atoms with Crippen LogP contribution < -0.4 is 4.90 Å². The summed E-state index contributed by atoms with van der Waals surface area (Å²) in [6.07, 6.45) is 7.54. The molecule has 0 spiro atoms. The van der Waals surface area contributed by atoms with E-state index >= 15 is 0 Å². The molecule has 1 fully saturated rings. The normalized spacial score (nSPS) is 20.2. The summed E-state index contributed by atoms with van der Waals surface area (Å²) in [6.45, 7) is 5.43. The molecule has 34 heavy (non-hydrogen) atoms. The number of aromatic nitrogens is 3. The summed E-state index contributed by atoms with van der Waals surface area (Å²) in [5, 5.41) is 8.47. The maximum absolute atomic E-state index is 13.7. The molecule has 0 unspecified atom stereocenters. The fourth-order valence-corrected chi connectivity index (χ4v) is 5.27. The predicted molar refractivity (Wildman–Crippen MR) is 131 cm³/mol. The van der Waals surface area contributed by atoms with Gasteiger partial charge in [0.05, 0.1) is 23.6 Å². The number of piperidine rings is 1. The predicted octanol–water partition coefficient (Wildman–Crippen LogP) is 4.19. The highest BCUT2D eigenvalue weighted by Crippen LogP contribution is 2.31. The number of amides is 2. The monoisotopic (exact) mass is 457 g/mol. The molecular weight excluding hydrogens is 426 g/mol. The fourth-order valence-electron chi connectivity index (χ4n) is 5.27. The molecule has 3 heterocycles. The molecule has 2 aromatic carbocycles. The van der Waals surface area contributed by atoms with Crippen LogP contribution in [0, 0.1) is 12.8 Å². The molecule has 176 valence electrons. The number of hydrogen-bond acceptors (Lipinski definition) is 4. The Morgan fingerprint density at radius 1 is 1.03 bits per heavy atom. The molecule has 0 radical (unpaired) electrons. The van der Waals surface area contributed by atoms with Crippen molar-refractivity contribution < 1.29 is 9.59 Å². The third kappa shape index (κ3) is 4.34. The quantitative estimate of drug-likeness (QED) is 0.589. The number of carbonyl (C=O) groups excluding carboxylic acids is 2. The topological polar surface area (TPSA) is 71.3 Å². The fraction of sp³-hybridized carbons (Fsp3) is 0.407. The van der Waals surface area contributed by atoms with Gasteiger partial charge in [-0.2, -0.15) is 15.0 Å². The van der Waals surface area contributed by atoms with E-state index in [2.05, 4.69) is 23.2 Å². The van der Waals surface area contributed by atoms with E-state index in [1.165, 1.54) is 10.4 Å². The van der Waals surface area contributed by atoms with Gasteiger partial charge in [-0.15, -0.1) is 0 Å². The van der Waals surface area contributed by atoms with Crippen molar-refractivity contribution in [2.75, 3.05) is 18.0 Å². The van der Waals surface area contributed by atoms with Crippen LogP contribution >= 0.6 is 0 Å². The van der Waals surface area contributed by atoms with Crippen molar-refractivity contribution in [3.05, 3.63) is 71.5 Å². The lowest BCUT2D eigenvalue weighted by Crippen LogP contribution is -2.47. The van der Waals surface area contributed by atoms with Gasteiger partial charge >= 0.3 is 0 Å². The Bertz CT molecular complexity index is 1190. The molecule has 2 atom stereocenters. The minimum atomic E-state index is -0.0241. The molecule has 5 rings (SSSR count). The zero-order chi connectivity index (χ0) is 23.7. The van der Waals surface area contributed by atoms with Crippen LogP contribution in [0.5, 0.6) is 0 Å². The number of likely N-dealkylation sites (tertiary alicyclic amines) is 1. The van der Waals surface area contributed by atoms with Gasteiger partial charge < -0.3 is 9.80 Å². The number of hydrogen-bond donors (Lipinski definition) is 0. The Labute approximate surface area is 200 Å². The summed E-state index contributed by atoms with van der Waals surface area (Å²) < 4.78 is 0. The zero-order valence-corrected chi connectivity index (χ0v) is 19.9. The summed E-state index contributed by atoms with van der Waals surface area (Å²) in [5.74, 6) is 0.290. The Morgan fingerprint density at radius 2 is 1.82 bits per heavy atom. The number of fused-ring (bicyclic) bond motifs is 1. The second kappa shape index (κ2) is 9.41.